The van der Waals surface area contributed by atoms with Crippen LogP contribution in [0.1, 0.15) is 31.8 Å². The van der Waals surface area contributed by atoms with Gasteiger partial charge in [0.05, 0.1) is 11.1 Å². The monoisotopic (exact) mass is 739 g/mol. The van der Waals surface area contributed by atoms with Gasteiger partial charge in [0.1, 0.15) is 0 Å². The van der Waals surface area contributed by atoms with Gasteiger partial charge in [0.2, 0.25) is 0 Å². The lowest BCUT2D eigenvalue weighted by atomic mass is 9.97. The number of carboxylic acids is 2. The smallest absolute Gasteiger partial charge is 0.336 e. The minimum atomic E-state index is -1.37. The van der Waals surface area contributed by atoms with Crippen LogP contribution >= 0.6 is 112 Å². The van der Waals surface area contributed by atoms with Gasteiger partial charge in [-0.15, -0.1) is 0 Å². The highest BCUT2D eigenvalue weighted by Gasteiger charge is 2.40. The van der Waals surface area contributed by atoms with Crippen LogP contribution in [0.5, 0.6) is 0 Å². The molecule has 0 spiro atoms. The summed E-state index contributed by atoms with van der Waals surface area (Å²) in [6, 6.07) is 1.24. The van der Waals surface area contributed by atoms with E-state index in [1.807, 2.05) is 0 Å². The number of alkyl halides is 6. The fourth-order valence-corrected chi connectivity index (χ4v) is 5.55. The molecule has 0 radical (unpaired) electrons. The molecule has 0 bridgehead atoms. The standard InChI is InChI=1S/C10H3Br7O4/c11-3-1-2(7(18)19)4(8(20)21)6(10(15,16)17)5(3)9(12,13)14/h1H,(H,18,19)(H,20,21). The summed E-state index contributed by atoms with van der Waals surface area (Å²) in [6.07, 6.45) is 0. The van der Waals surface area contributed by atoms with Crippen molar-refractivity contribution >= 4 is 123 Å². The van der Waals surface area contributed by atoms with Crippen LogP contribution in [-0.4, -0.2) is 22.2 Å². The third kappa shape index (κ3) is 4.76. The summed E-state index contributed by atoms with van der Waals surface area (Å²) < 4.78 is -1.72. The average Bonchev–Trinajstić information content (AvgIpc) is 2.23. The number of carbonyl (C=O) groups is 2. The fraction of sp³-hybridized carbons (Fsp3) is 0.200. The zero-order valence-corrected chi connectivity index (χ0v) is 20.5. The molecule has 0 aliphatic heterocycles. The molecule has 0 amide bonds. The van der Waals surface area contributed by atoms with Gasteiger partial charge in [-0.1, -0.05) is 112 Å². The van der Waals surface area contributed by atoms with Gasteiger partial charge in [0.15, 0.2) is 4.29 Å². The van der Waals surface area contributed by atoms with E-state index in [4.69, 9.17) is 0 Å². The number of hydrogen-bond donors (Lipinski definition) is 2. The Kier molecular flexibility index (Phi) is 7.03. The van der Waals surface area contributed by atoms with Gasteiger partial charge in [-0.25, -0.2) is 9.59 Å². The second kappa shape index (κ2) is 7.18. The van der Waals surface area contributed by atoms with Crippen molar-refractivity contribution in [2.24, 2.45) is 0 Å². The SMILES string of the molecule is O=C(O)c1cc(Br)c(C(Br)(Br)Br)c(C(Br)(Br)Br)c1C(=O)O. The van der Waals surface area contributed by atoms with E-state index in [2.05, 4.69) is 112 Å². The molecule has 0 fully saturated rings. The number of hydrogen-bond acceptors (Lipinski definition) is 2. The minimum Gasteiger partial charge on any atom is -0.478 e. The molecule has 21 heavy (non-hydrogen) atoms. The quantitative estimate of drug-likeness (QED) is 0.343. The maximum Gasteiger partial charge on any atom is 0.336 e. The van der Waals surface area contributed by atoms with Crippen LogP contribution in [0.3, 0.4) is 0 Å². The minimum absolute atomic E-state index is 0.174. The van der Waals surface area contributed by atoms with Gasteiger partial charge in [-0.05, 0) is 6.07 Å². The van der Waals surface area contributed by atoms with E-state index in [9.17, 15) is 19.8 Å². The number of benzene rings is 1. The van der Waals surface area contributed by atoms with Crippen molar-refractivity contribution in [3.8, 4) is 0 Å². The molecule has 11 heteroatoms. The first-order valence-electron chi connectivity index (χ1n) is 4.76. The number of rotatable bonds is 2. The van der Waals surface area contributed by atoms with Gasteiger partial charge in [-0.3, -0.25) is 0 Å². The van der Waals surface area contributed by atoms with Crippen LogP contribution in [0.4, 0.5) is 0 Å². The van der Waals surface area contributed by atoms with Gasteiger partial charge in [-0.2, -0.15) is 0 Å². The first-order chi connectivity index (χ1) is 9.28. The van der Waals surface area contributed by atoms with Crippen molar-refractivity contribution in [1.29, 1.82) is 0 Å². The zero-order chi connectivity index (χ0) is 16.7. The molecule has 0 heterocycles. The van der Waals surface area contributed by atoms with Crippen molar-refractivity contribution in [2.45, 2.75) is 4.29 Å². The lowest BCUT2D eigenvalue weighted by Crippen LogP contribution is -2.21. The normalized spacial score (nSPS) is 12.3. The molecule has 116 valence electrons. The Morgan fingerprint density at radius 1 is 0.857 bits per heavy atom. The lowest BCUT2D eigenvalue weighted by Gasteiger charge is -2.27. The van der Waals surface area contributed by atoms with Crippen LogP contribution in [0.2, 0.25) is 0 Å². The van der Waals surface area contributed by atoms with Crippen LogP contribution in [0.15, 0.2) is 10.5 Å². The van der Waals surface area contributed by atoms with Crippen molar-refractivity contribution in [3.63, 3.8) is 0 Å². The zero-order valence-electron chi connectivity index (χ0n) is 9.43. The van der Waals surface area contributed by atoms with E-state index in [1.54, 1.807) is 0 Å². The Hall–Kier alpha value is 1.52. The summed E-state index contributed by atoms with van der Waals surface area (Å²) >= 11 is 23.0. The average molecular weight is 746 g/mol. The van der Waals surface area contributed by atoms with E-state index in [0.717, 1.165) is 0 Å². The van der Waals surface area contributed by atoms with E-state index >= 15 is 0 Å². The highest BCUT2D eigenvalue weighted by atomic mass is 80.0. The summed E-state index contributed by atoms with van der Waals surface area (Å²) in [6.45, 7) is 0. The molecule has 2 N–H and O–H groups in total. The predicted molar refractivity (Wildman–Crippen MR) is 105 cm³/mol. The van der Waals surface area contributed by atoms with E-state index in [0.29, 0.717) is 10.0 Å². The predicted octanol–water partition coefficient (Wildman–Crippen LogP) is 6.44. The molecule has 4 nitrogen and oxygen atoms in total. The van der Waals surface area contributed by atoms with Crippen molar-refractivity contribution in [2.75, 3.05) is 0 Å². The summed E-state index contributed by atoms with van der Waals surface area (Å²) in [4.78, 5) is 23.0. The van der Waals surface area contributed by atoms with Crippen LogP contribution in [0, 0.1) is 0 Å². The van der Waals surface area contributed by atoms with E-state index < -0.39 is 16.2 Å². The molecular weight excluding hydrogens is 743 g/mol. The first-order valence-corrected chi connectivity index (χ1v) is 10.3. The molecule has 0 aromatic heterocycles. The Morgan fingerprint density at radius 2 is 1.29 bits per heavy atom. The first kappa shape index (κ1) is 20.6. The summed E-state index contributed by atoms with van der Waals surface area (Å²) in [5.74, 6) is -2.71. The van der Waals surface area contributed by atoms with Crippen molar-refractivity contribution in [3.05, 3.63) is 32.8 Å². The molecule has 0 aliphatic carbocycles. The highest BCUT2D eigenvalue weighted by Crippen LogP contribution is 2.57. The highest BCUT2D eigenvalue weighted by molar-refractivity contribution is 9.39. The number of halogens is 7. The Bertz CT molecular complexity index is 615. The molecule has 0 saturated heterocycles. The molecule has 0 saturated carbocycles. The molecule has 1 aromatic rings. The summed E-state index contributed by atoms with van der Waals surface area (Å²) in [7, 11) is 0. The van der Waals surface area contributed by atoms with Crippen molar-refractivity contribution in [1.82, 2.24) is 0 Å². The molecule has 0 unspecified atom stereocenters. The second-order valence-electron chi connectivity index (χ2n) is 3.64. The van der Waals surface area contributed by atoms with Crippen molar-refractivity contribution < 1.29 is 19.8 Å². The van der Waals surface area contributed by atoms with Crippen LogP contribution < -0.4 is 0 Å². The van der Waals surface area contributed by atoms with E-state index in [-0.39, 0.29) is 16.7 Å². The topological polar surface area (TPSA) is 74.6 Å². The summed E-state index contributed by atoms with van der Waals surface area (Å²) in [5.41, 5.74) is -0.0791. The summed E-state index contributed by atoms with van der Waals surface area (Å²) in [5, 5.41) is 18.7. The van der Waals surface area contributed by atoms with Crippen LogP contribution in [0.25, 0.3) is 0 Å². The Morgan fingerprint density at radius 3 is 1.57 bits per heavy atom. The molecule has 1 aromatic carbocycles. The maximum atomic E-state index is 11.6. The molecule has 0 aliphatic rings. The fourth-order valence-electron chi connectivity index (χ4n) is 1.60. The largest absolute Gasteiger partial charge is 0.478 e. The lowest BCUT2D eigenvalue weighted by molar-refractivity contribution is 0.0650. The van der Waals surface area contributed by atoms with Gasteiger partial charge in [0, 0.05) is 15.6 Å². The molecule has 1 rings (SSSR count). The second-order valence-corrected chi connectivity index (χ2v) is 18.0. The third-order valence-electron chi connectivity index (χ3n) is 2.29. The van der Waals surface area contributed by atoms with Gasteiger partial charge < -0.3 is 10.2 Å². The Balaban J connectivity index is 4.07. The van der Waals surface area contributed by atoms with Gasteiger partial charge in [0.25, 0.3) is 0 Å². The Labute approximate surface area is 178 Å². The maximum absolute atomic E-state index is 11.6. The molecule has 0 atom stereocenters. The third-order valence-corrected chi connectivity index (χ3v) is 5.29. The van der Waals surface area contributed by atoms with E-state index in [1.165, 1.54) is 6.07 Å². The van der Waals surface area contributed by atoms with Crippen LogP contribution in [-0.2, 0) is 4.29 Å². The van der Waals surface area contributed by atoms with Gasteiger partial charge >= 0.3 is 11.9 Å². The number of carboxylic acid groups (broad SMARTS) is 2. The molecular formula is C10H3Br7O4. The number of aromatic carboxylic acids is 2.